The maximum Gasteiger partial charge on any atom is 0.418 e. The van der Waals surface area contributed by atoms with Crippen molar-refractivity contribution in [1.29, 1.82) is 0 Å². The monoisotopic (exact) mass is 376 g/mol. The maximum absolute atomic E-state index is 13.5. The lowest BCUT2D eigenvalue weighted by Crippen LogP contribution is -2.56. The molecule has 0 radical (unpaired) electrons. The summed E-state index contributed by atoms with van der Waals surface area (Å²) < 4.78 is 40.4. The van der Waals surface area contributed by atoms with Gasteiger partial charge in [-0.2, -0.15) is 13.2 Å². The van der Waals surface area contributed by atoms with Gasteiger partial charge in [-0.05, 0) is 43.4 Å². The standard InChI is InChI=1S/C21H23F3N2O/c22-21(23,24)18-10-5-11-25-19(18)20(27)12-16-8-4-9-17(13-20)26(16)14-15-6-2-1-3-7-15/h1-3,5-7,10-11,16-17,27H,4,8-9,12-14H2. The number of aromatic nitrogens is 1. The van der Waals surface area contributed by atoms with Gasteiger partial charge in [-0.25, -0.2) is 0 Å². The molecule has 1 aromatic carbocycles. The molecule has 2 atom stereocenters. The van der Waals surface area contributed by atoms with Gasteiger partial charge in [-0.15, -0.1) is 0 Å². The van der Waals surface area contributed by atoms with Crippen LogP contribution < -0.4 is 0 Å². The van der Waals surface area contributed by atoms with Gasteiger partial charge in [-0.3, -0.25) is 9.88 Å². The molecule has 144 valence electrons. The van der Waals surface area contributed by atoms with Crippen LogP contribution in [-0.4, -0.2) is 27.1 Å². The fraction of sp³-hybridized carbons (Fsp3) is 0.476. The van der Waals surface area contributed by atoms with E-state index in [9.17, 15) is 18.3 Å². The molecule has 2 aliphatic heterocycles. The summed E-state index contributed by atoms with van der Waals surface area (Å²) in [6.45, 7) is 0.764. The van der Waals surface area contributed by atoms with Crippen LogP contribution in [0.3, 0.4) is 0 Å². The van der Waals surface area contributed by atoms with Gasteiger partial charge in [-0.1, -0.05) is 36.8 Å². The van der Waals surface area contributed by atoms with Crippen molar-refractivity contribution in [3.05, 3.63) is 65.5 Å². The van der Waals surface area contributed by atoms with Gasteiger partial charge in [0.1, 0.15) is 5.60 Å². The van der Waals surface area contributed by atoms with E-state index in [1.54, 1.807) is 0 Å². The average Bonchev–Trinajstić information content (AvgIpc) is 2.63. The zero-order valence-electron chi connectivity index (χ0n) is 15.0. The normalized spacial score (nSPS) is 28.9. The first-order valence-corrected chi connectivity index (χ1v) is 9.41. The molecule has 2 unspecified atom stereocenters. The molecule has 6 heteroatoms. The van der Waals surface area contributed by atoms with E-state index in [0.29, 0.717) is 0 Å². The number of halogens is 3. The first-order valence-electron chi connectivity index (χ1n) is 9.41. The topological polar surface area (TPSA) is 36.4 Å². The molecular formula is C21H23F3N2O. The Kier molecular flexibility index (Phi) is 4.72. The van der Waals surface area contributed by atoms with E-state index in [0.717, 1.165) is 31.9 Å². The fourth-order valence-corrected chi connectivity index (χ4v) is 4.77. The van der Waals surface area contributed by atoms with E-state index < -0.39 is 17.3 Å². The second kappa shape index (κ2) is 6.91. The van der Waals surface area contributed by atoms with Crippen LogP contribution in [0.2, 0.25) is 0 Å². The molecule has 3 nitrogen and oxygen atoms in total. The Morgan fingerprint density at radius 2 is 1.70 bits per heavy atom. The Morgan fingerprint density at radius 3 is 2.33 bits per heavy atom. The average molecular weight is 376 g/mol. The zero-order valence-corrected chi connectivity index (χ0v) is 15.0. The number of fused-ring (bicyclic) bond motifs is 2. The van der Waals surface area contributed by atoms with E-state index in [1.165, 1.54) is 17.8 Å². The molecule has 2 aliphatic rings. The first kappa shape index (κ1) is 18.4. The minimum Gasteiger partial charge on any atom is -0.383 e. The predicted octanol–water partition coefficient (Wildman–Crippen LogP) is 4.51. The summed E-state index contributed by atoms with van der Waals surface area (Å²) in [7, 11) is 0. The molecule has 1 N–H and O–H groups in total. The fourth-order valence-electron chi connectivity index (χ4n) is 4.77. The van der Waals surface area contributed by atoms with Gasteiger partial charge in [0.15, 0.2) is 0 Å². The third kappa shape index (κ3) is 3.60. The van der Waals surface area contributed by atoms with Crippen molar-refractivity contribution in [3.63, 3.8) is 0 Å². The molecule has 27 heavy (non-hydrogen) atoms. The van der Waals surface area contributed by atoms with Gasteiger partial charge in [0.2, 0.25) is 0 Å². The van der Waals surface area contributed by atoms with Gasteiger partial charge >= 0.3 is 6.18 Å². The first-order chi connectivity index (χ1) is 12.9. The van der Waals surface area contributed by atoms with Crippen molar-refractivity contribution < 1.29 is 18.3 Å². The van der Waals surface area contributed by atoms with E-state index in [4.69, 9.17) is 0 Å². The van der Waals surface area contributed by atoms with Gasteiger partial charge < -0.3 is 5.11 Å². The molecule has 4 rings (SSSR count). The molecule has 1 aromatic heterocycles. The zero-order chi connectivity index (χ0) is 19.1. The highest BCUT2D eigenvalue weighted by Crippen LogP contribution is 2.47. The van der Waals surface area contributed by atoms with Crippen molar-refractivity contribution in [2.45, 2.75) is 62.5 Å². The molecule has 2 saturated heterocycles. The molecule has 0 aliphatic carbocycles. The summed E-state index contributed by atoms with van der Waals surface area (Å²) in [5.41, 5.74) is -1.38. The minimum absolute atomic E-state index is 0.0609. The quantitative estimate of drug-likeness (QED) is 0.857. The SMILES string of the molecule is OC1(c2ncccc2C(F)(F)F)CC2CCCC(C1)N2Cc1ccccc1. The Bertz CT molecular complexity index is 780. The summed E-state index contributed by atoms with van der Waals surface area (Å²) in [5, 5.41) is 11.3. The molecule has 2 aromatic rings. The lowest BCUT2D eigenvalue weighted by molar-refractivity contribution is -0.146. The molecule has 0 amide bonds. The Hall–Kier alpha value is -1.92. The van der Waals surface area contributed by atoms with Crippen LogP contribution in [0.1, 0.15) is 48.9 Å². The third-order valence-corrected chi connectivity index (χ3v) is 5.92. The molecule has 2 bridgehead atoms. The number of nitrogens with zero attached hydrogens (tertiary/aromatic N) is 2. The van der Waals surface area contributed by atoms with E-state index in [2.05, 4.69) is 22.0 Å². The lowest BCUT2D eigenvalue weighted by atomic mass is 9.73. The largest absolute Gasteiger partial charge is 0.418 e. The summed E-state index contributed by atoms with van der Waals surface area (Å²) >= 11 is 0. The number of alkyl halides is 3. The van der Waals surface area contributed by atoms with E-state index in [-0.39, 0.29) is 30.6 Å². The van der Waals surface area contributed by atoms with Crippen LogP contribution in [0.5, 0.6) is 0 Å². The number of rotatable bonds is 3. The van der Waals surface area contributed by atoms with E-state index in [1.807, 2.05) is 18.2 Å². The molecule has 0 saturated carbocycles. The third-order valence-electron chi connectivity index (χ3n) is 5.92. The molecule has 2 fully saturated rings. The Morgan fingerprint density at radius 1 is 1.04 bits per heavy atom. The smallest absolute Gasteiger partial charge is 0.383 e. The Balaban J connectivity index is 1.63. The van der Waals surface area contributed by atoms with Crippen molar-refractivity contribution in [3.8, 4) is 0 Å². The summed E-state index contributed by atoms with van der Waals surface area (Å²) in [6.07, 6.45) is 0.224. The molecule has 3 heterocycles. The van der Waals surface area contributed by atoms with Crippen LogP contribution in [0.4, 0.5) is 13.2 Å². The molecule has 0 spiro atoms. The van der Waals surface area contributed by atoms with Crippen LogP contribution in [0.25, 0.3) is 0 Å². The number of hydrogen-bond acceptors (Lipinski definition) is 3. The van der Waals surface area contributed by atoms with Crippen molar-refractivity contribution >= 4 is 0 Å². The second-order valence-electron chi connectivity index (χ2n) is 7.73. The number of aliphatic hydroxyl groups is 1. The van der Waals surface area contributed by atoms with Gasteiger partial charge in [0.25, 0.3) is 0 Å². The summed E-state index contributed by atoms with van der Waals surface area (Å²) in [4.78, 5) is 6.35. The summed E-state index contributed by atoms with van der Waals surface area (Å²) in [6, 6.07) is 12.5. The maximum atomic E-state index is 13.5. The Labute approximate surface area is 156 Å². The highest BCUT2D eigenvalue weighted by molar-refractivity contribution is 5.30. The predicted molar refractivity (Wildman–Crippen MR) is 95.8 cm³/mol. The number of piperidine rings is 2. The minimum atomic E-state index is -4.52. The van der Waals surface area contributed by atoms with Gasteiger partial charge in [0, 0.05) is 24.8 Å². The second-order valence-corrected chi connectivity index (χ2v) is 7.73. The number of hydrogen-bond donors (Lipinski definition) is 1. The highest BCUT2D eigenvalue weighted by atomic mass is 19.4. The van der Waals surface area contributed by atoms with Crippen molar-refractivity contribution in [2.75, 3.05) is 0 Å². The number of pyridine rings is 1. The number of benzene rings is 1. The van der Waals surface area contributed by atoms with Crippen LogP contribution in [0, 0.1) is 0 Å². The van der Waals surface area contributed by atoms with Crippen molar-refractivity contribution in [1.82, 2.24) is 9.88 Å². The van der Waals surface area contributed by atoms with Crippen LogP contribution in [0.15, 0.2) is 48.7 Å². The highest BCUT2D eigenvalue weighted by Gasteiger charge is 2.50. The van der Waals surface area contributed by atoms with Gasteiger partial charge in [0.05, 0.1) is 11.3 Å². The lowest BCUT2D eigenvalue weighted by Gasteiger charge is -2.52. The molecular weight excluding hydrogens is 353 g/mol. The van der Waals surface area contributed by atoms with E-state index >= 15 is 0 Å². The van der Waals surface area contributed by atoms with Crippen LogP contribution >= 0.6 is 0 Å². The van der Waals surface area contributed by atoms with Crippen molar-refractivity contribution in [2.24, 2.45) is 0 Å². The summed E-state index contributed by atoms with van der Waals surface area (Å²) in [5.74, 6) is 0. The van der Waals surface area contributed by atoms with Crippen LogP contribution in [-0.2, 0) is 18.3 Å².